The van der Waals surface area contributed by atoms with Crippen LogP contribution in [-0.4, -0.2) is 28.5 Å². The van der Waals surface area contributed by atoms with Crippen molar-refractivity contribution >= 4 is 17.0 Å². The van der Waals surface area contributed by atoms with E-state index in [0.29, 0.717) is 17.3 Å². The van der Waals surface area contributed by atoms with Crippen LogP contribution in [0.25, 0.3) is 0 Å². The smallest absolute Gasteiger partial charge is 0.281 e. The number of nitrogens with zero attached hydrogens (tertiary/aromatic N) is 1. The molecule has 1 amide bonds. The molecule has 2 nitrogen and oxygen atoms in total. The molecule has 1 saturated carbocycles. The summed E-state index contributed by atoms with van der Waals surface area (Å²) in [7, 11) is 0. The van der Waals surface area contributed by atoms with Gasteiger partial charge in [0, 0.05) is 12.1 Å². The Balaban J connectivity index is 2.12. The quantitative estimate of drug-likeness (QED) is 0.631. The molecule has 0 spiro atoms. The third-order valence-corrected chi connectivity index (χ3v) is 4.60. The number of piperidine rings is 1. The molecule has 3 atom stereocenters. The van der Waals surface area contributed by atoms with Crippen LogP contribution in [0.15, 0.2) is 0 Å². The van der Waals surface area contributed by atoms with Crippen LogP contribution in [-0.2, 0) is 0 Å². The fraction of sp³-hybridized carbons (Fsp3) is 0.917. The maximum absolute atomic E-state index is 11.9. The number of rotatable bonds is 0. The molecule has 2 fully saturated rings. The van der Waals surface area contributed by atoms with Crippen LogP contribution in [0.4, 0.5) is 4.79 Å². The lowest BCUT2D eigenvalue weighted by Crippen LogP contribution is -2.52. The number of amides is 1. The highest BCUT2D eigenvalue weighted by Crippen LogP contribution is 2.38. The van der Waals surface area contributed by atoms with Crippen molar-refractivity contribution in [3.63, 3.8) is 0 Å². The Hall–Kier alpha value is -0.180. The summed E-state index contributed by atoms with van der Waals surface area (Å²) in [5, 5.41) is 0.291. The van der Waals surface area contributed by atoms with Crippen molar-refractivity contribution in [3.05, 3.63) is 0 Å². The summed E-state index contributed by atoms with van der Waals surface area (Å²) < 4.78 is 0. The van der Waals surface area contributed by atoms with Crippen LogP contribution in [0.1, 0.15) is 45.4 Å². The molecule has 15 heavy (non-hydrogen) atoms. The Bertz CT molecular complexity index is 244. The second-order valence-corrected chi connectivity index (χ2v) is 5.67. The van der Waals surface area contributed by atoms with E-state index in [1.165, 1.54) is 50.3 Å². The van der Waals surface area contributed by atoms with Crippen LogP contribution in [0.5, 0.6) is 0 Å². The van der Waals surface area contributed by atoms with E-state index in [0.717, 1.165) is 5.92 Å². The lowest BCUT2D eigenvalue weighted by Gasteiger charge is -2.47. The average Bonchev–Trinajstić information content (AvgIpc) is 2.28. The van der Waals surface area contributed by atoms with E-state index in [1.54, 1.807) is 0 Å². The van der Waals surface area contributed by atoms with Crippen LogP contribution in [0.3, 0.4) is 0 Å². The first kappa shape index (κ1) is 11.3. The van der Waals surface area contributed by atoms with Gasteiger partial charge in [-0.1, -0.05) is 24.6 Å². The molecule has 2 rings (SSSR count). The molecule has 1 aliphatic carbocycles. The van der Waals surface area contributed by atoms with E-state index < -0.39 is 0 Å². The molecular formula is C12H21NOS. The molecule has 0 aromatic heterocycles. The number of hydrogen-bond donors (Lipinski definition) is 0. The monoisotopic (exact) mass is 227 g/mol. The molecule has 0 aromatic carbocycles. The van der Waals surface area contributed by atoms with Gasteiger partial charge in [0.25, 0.3) is 5.24 Å². The number of carbonyl (C=O) groups excluding carboxylic acids is 1. The molecule has 1 saturated heterocycles. The Morgan fingerprint density at radius 2 is 1.93 bits per heavy atom. The normalized spacial score (nSPS) is 36.1. The third kappa shape index (κ3) is 2.17. The summed E-state index contributed by atoms with van der Waals surface area (Å²) in [6.45, 7) is 2.21. The molecule has 1 aliphatic heterocycles. The topological polar surface area (TPSA) is 20.3 Å². The van der Waals surface area contributed by atoms with E-state index in [-0.39, 0.29) is 0 Å². The summed E-state index contributed by atoms with van der Waals surface area (Å²) in [4.78, 5) is 14.1. The number of likely N-dealkylation sites (tertiary alicyclic amines) is 1. The van der Waals surface area contributed by atoms with E-state index in [2.05, 4.69) is 11.8 Å². The molecule has 86 valence electrons. The number of fused-ring (bicyclic) bond motifs is 1. The molecule has 3 unspecified atom stereocenters. The molecule has 0 bridgehead atoms. The zero-order chi connectivity index (χ0) is 10.8. The van der Waals surface area contributed by atoms with E-state index in [4.69, 9.17) is 0 Å². The van der Waals surface area contributed by atoms with Crippen LogP contribution in [0, 0.1) is 5.92 Å². The molecule has 0 aromatic rings. The largest absolute Gasteiger partial charge is 0.328 e. The van der Waals surface area contributed by atoms with Gasteiger partial charge in [-0.3, -0.25) is 4.79 Å². The minimum Gasteiger partial charge on any atom is -0.328 e. The first-order chi connectivity index (χ1) is 7.24. The van der Waals surface area contributed by atoms with Gasteiger partial charge < -0.3 is 4.90 Å². The Morgan fingerprint density at radius 3 is 2.67 bits per heavy atom. The van der Waals surface area contributed by atoms with Crippen molar-refractivity contribution in [2.75, 3.05) is 6.26 Å². The predicted octanol–water partition coefficient (Wildman–Crippen LogP) is 3.51. The van der Waals surface area contributed by atoms with Gasteiger partial charge >= 0.3 is 0 Å². The molecule has 2 aliphatic rings. The number of carbonyl (C=O) groups is 1. The minimum atomic E-state index is 0.291. The lowest BCUT2D eigenvalue weighted by atomic mass is 9.77. The fourth-order valence-corrected chi connectivity index (χ4v) is 3.76. The Labute approximate surface area is 96.8 Å². The van der Waals surface area contributed by atoms with Crippen molar-refractivity contribution in [3.8, 4) is 0 Å². The first-order valence-electron chi connectivity index (χ1n) is 6.10. The van der Waals surface area contributed by atoms with Crippen molar-refractivity contribution in [1.82, 2.24) is 4.90 Å². The van der Waals surface area contributed by atoms with Gasteiger partial charge in [-0.2, -0.15) is 0 Å². The van der Waals surface area contributed by atoms with Gasteiger partial charge in [0.05, 0.1) is 0 Å². The van der Waals surface area contributed by atoms with E-state index >= 15 is 0 Å². The number of thioether (sulfide) groups is 1. The summed E-state index contributed by atoms with van der Waals surface area (Å²) in [5.74, 6) is 0.797. The highest BCUT2D eigenvalue weighted by atomic mass is 32.2. The summed E-state index contributed by atoms with van der Waals surface area (Å²) >= 11 is 1.38. The van der Waals surface area contributed by atoms with Crippen molar-refractivity contribution in [2.24, 2.45) is 5.92 Å². The summed E-state index contributed by atoms with van der Waals surface area (Å²) in [6.07, 6.45) is 9.71. The molecule has 1 heterocycles. The lowest BCUT2D eigenvalue weighted by molar-refractivity contribution is 0.0625. The first-order valence-corrected chi connectivity index (χ1v) is 7.32. The minimum absolute atomic E-state index is 0.291. The van der Waals surface area contributed by atoms with Gasteiger partial charge in [-0.15, -0.1) is 0 Å². The summed E-state index contributed by atoms with van der Waals surface area (Å²) in [6, 6.07) is 1.02. The second-order valence-electron chi connectivity index (χ2n) is 4.92. The highest BCUT2D eigenvalue weighted by Gasteiger charge is 2.38. The maximum atomic E-state index is 11.9. The second kappa shape index (κ2) is 4.77. The number of hydrogen-bond acceptors (Lipinski definition) is 2. The fourth-order valence-electron chi connectivity index (χ4n) is 3.23. The molecule has 0 N–H and O–H groups in total. The summed E-state index contributed by atoms with van der Waals surface area (Å²) in [5.41, 5.74) is 0. The van der Waals surface area contributed by atoms with Crippen LogP contribution in [0.2, 0.25) is 0 Å². The zero-order valence-corrected chi connectivity index (χ0v) is 10.6. The van der Waals surface area contributed by atoms with Crippen molar-refractivity contribution < 1.29 is 4.79 Å². The van der Waals surface area contributed by atoms with E-state index in [9.17, 15) is 4.79 Å². The van der Waals surface area contributed by atoms with Gasteiger partial charge in [-0.25, -0.2) is 0 Å². The van der Waals surface area contributed by atoms with Gasteiger partial charge in [0.2, 0.25) is 0 Å². The van der Waals surface area contributed by atoms with Crippen molar-refractivity contribution in [2.45, 2.75) is 57.5 Å². The molecule has 3 heteroatoms. The Kier molecular flexibility index (Phi) is 3.60. The highest BCUT2D eigenvalue weighted by molar-refractivity contribution is 8.12. The standard InChI is InChI=1S/C12H21NOS/c1-9-7-8-10-5-3-4-6-11(10)13(9)12(14)15-2/h9-11H,3-8H2,1-2H3. The molecule has 0 radical (unpaired) electrons. The van der Waals surface area contributed by atoms with Gasteiger partial charge in [-0.05, 0) is 44.8 Å². The van der Waals surface area contributed by atoms with Crippen LogP contribution < -0.4 is 0 Å². The van der Waals surface area contributed by atoms with Gasteiger partial charge in [0.15, 0.2) is 0 Å². The average molecular weight is 227 g/mol. The molecular weight excluding hydrogens is 206 g/mol. The maximum Gasteiger partial charge on any atom is 0.281 e. The SMILES string of the molecule is CSC(=O)N1C(C)CCC2CCCCC21. The Morgan fingerprint density at radius 1 is 1.20 bits per heavy atom. The third-order valence-electron chi connectivity index (χ3n) is 4.04. The predicted molar refractivity (Wildman–Crippen MR) is 65.2 cm³/mol. The van der Waals surface area contributed by atoms with Crippen molar-refractivity contribution in [1.29, 1.82) is 0 Å². The zero-order valence-electron chi connectivity index (χ0n) is 9.74. The van der Waals surface area contributed by atoms with Gasteiger partial charge in [0.1, 0.15) is 0 Å². The van der Waals surface area contributed by atoms with Crippen LogP contribution >= 0.6 is 11.8 Å². The van der Waals surface area contributed by atoms with E-state index in [1.807, 2.05) is 6.26 Å².